The summed E-state index contributed by atoms with van der Waals surface area (Å²) >= 11 is 5.88. The minimum Gasteiger partial charge on any atom is -0.494 e. The molecule has 5 rings (SSSR count). The van der Waals surface area contributed by atoms with Crippen molar-refractivity contribution in [3.8, 4) is 11.4 Å². The normalized spacial score (nSPS) is 17.6. The first-order valence-electron chi connectivity index (χ1n) is 11.7. The maximum absolute atomic E-state index is 5.88. The molecular weight excluding hydrogens is 440 g/mol. The Labute approximate surface area is 206 Å². The topological polar surface area (TPSA) is 42.3 Å². The summed E-state index contributed by atoms with van der Waals surface area (Å²) in [6, 6.07) is 27.0. The molecule has 0 unspecified atom stereocenters. The molecule has 2 aromatic heterocycles. The Balaban J connectivity index is 1.60. The predicted molar refractivity (Wildman–Crippen MR) is 141 cm³/mol. The summed E-state index contributed by atoms with van der Waals surface area (Å²) in [4.78, 5) is 6.89. The lowest BCUT2D eigenvalue weighted by atomic mass is 10.0. The van der Waals surface area contributed by atoms with Crippen LogP contribution in [0.25, 0.3) is 5.69 Å². The number of pyridine rings is 1. The van der Waals surface area contributed by atoms with Gasteiger partial charge < -0.3 is 19.5 Å². The van der Waals surface area contributed by atoms with Crippen molar-refractivity contribution in [2.45, 2.75) is 32.4 Å². The lowest BCUT2D eigenvalue weighted by Crippen LogP contribution is -2.30. The largest absolute Gasteiger partial charge is 0.494 e. The lowest BCUT2D eigenvalue weighted by Gasteiger charge is -2.29. The molecule has 1 aliphatic heterocycles. The number of nitrogens with one attached hydrogen (secondary N) is 1. The Hall–Kier alpha value is -3.64. The monoisotopic (exact) mass is 468 g/mol. The second kappa shape index (κ2) is 9.69. The average Bonchev–Trinajstić information content (AvgIpc) is 3.49. The highest BCUT2D eigenvalue weighted by atomic mass is 32.1. The summed E-state index contributed by atoms with van der Waals surface area (Å²) in [5.41, 5.74) is 5.53. The maximum Gasteiger partial charge on any atom is 0.174 e. The van der Waals surface area contributed by atoms with Crippen molar-refractivity contribution < 1.29 is 4.74 Å². The van der Waals surface area contributed by atoms with Crippen molar-refractivity contribution in [1.29, 1.82) is 0 Å². The molecule has 1 fully saturated rings. The van der Waals surface area contributed by atoms with Crippen LogP contribution in [-0.2, 0) is 6.42 Å². The predicted octanol–water partition coefficient (Wildman–Crippen LogP) is 6.01. The van der Waals surface area contributed by atoms with Gasteiger partial charge in [0.1, 0.15) is 11.8 Å². The van der Waals surface area contributed by atoms with Gasteiger partial charge in [-0.05, 0) is 91.8 Å². The zero-order valence-corrected chi connectivity index (χ0v) is 20.2. The van der Waals surface area contributed by atoms with Crippen molar-refractivity contribution in [3.63, 3.8) is 0 Å². The molecule has 0 spiro atoms. The summed E-state index contributed by atoms with van der Waals surface area (Å²) in [6.45, 7) is 4.81. The third kappa shape index (κ3) is 4.17. The fraction of sp³-hybridized carbons (Fsp3) is 0.214. The van der Waals surface area contributed by atoms with Crippen LogP contribution in [0.2, 0.25) is 0 Å². The average molecular weight is 469 g/mol. The minimum absolute atomic E-state index is 0.0727. The Bertz CT molecular complexity index is 1250. The third-order valence-corrected chi connectivity index (χ3v) is 6.54. The van der Waals surface area contributed by atoms with E-state index in [1.54, 1.807) is 0 Å². The van der Waals surface area contributed by atoms with Crippen molar-refractivity contribution in [2.75, 3.05) is 11.5 Å². The fourth-order valence-electron chi connectivity index (χ4n) is 4.57. The number of aryl methyl sites for hydroxylation is 1. The first kappa shape index (κ1) is 22.2. The summed E-state index contributed by atoms with van der Waals surface area (Å²) in [5.74, 6) is 0.868. The number of benzene rings is 2. The van der Waals surface area contributed by atoms with Gasteiger partial charge in [-0.15, -0.1) is 0 Å². The molecule has 0 aliphatic carbocycles. The van der Waals surface area contributed by atoms with E-state index >= 15 is 0 Å². The van der Waals surface area contributed by atoms with Crippen molar-refractivity contribution in [3.05, 3.63) is 108 Å². The van der Waals surface area contributed by atoms with Gasteiger partial charge in [-0.3, -0.25) is 4.98 Å². The quantitative estimate of drug-likeness (QED) is 0.337. The first-order valence-corrected chi connectivity index (χ1v) is 12.1. The van der Waals surface area contributed by atoms with Crippen LogP contribution in [0.15, 0.2) is 91.3 Å². The number of hydrogen-bond donors (Lipinski definition) is 1. The summed E-state index contributed by atoms with van der Waals surface area (Å²) in [6.07, 6.45) is 4.94. The Morgan fingerprint density at radius 1 is 0.912 bits per heavy atom. The second-order valence-corrected chi connectivity index (χ2v) is 8.63. The lowest BCUT2D eigenvalue weighted by molar-refractivity contribution is 0.340. The van der Waals surface area contributed by atoms with Gasteiger partial charge in [0.2, 0.25) is 0 Å². The minimum atomic E-state index is -0.0871. The molecule has 1 N–H and O–H groups in total. The molecular formula is C28H28N4OS. The number of ether oxygens (including phenoxy) is 1. The van der Waals surface area contributed by atoms with E-state index in [0.29, 0.717) is 11.7 Å². The van der Waals surface area contributed by atoms with Gasteiger partial charge in [0.15, 0.2) is 5.11 Å². The molecule has 2 aromatic carbocycles. The number of thiocarbonyl (C=S) groups is 1. The summed E-state index contributed by atoms with van der Waals surface area (Å²) < 4.78 is 7.86. The van der Waals surface area contributed by atoms with Crippen LogP contribution in [-0.4, -0.2) is 21.3 Å². The Kier molecular flexibility index (Phi) is 6.32. The first-order chi connectivity index (χ1) is 16.7. The van der Waals surface area contributed by atoms with Crippen LogP contribution < -0.4 is 15.0 Å². The standard InChI is InChI=1S/C28H28N4OS/c1-3-20-10-12-22(13-11-20)32-27(26(30-28(32)34)24-8-5-6-18-29-24)25-9-7-19-31(25)21-14-16-23(17-15-21)33-4-2/h5-19,26-27H,3-4H2,1-2H3,(H,30,34)/t26-,27+/m1/s1. The van der Waals surface area contributed by atoms with E-state index in [4.69, 9.17) is 17.0 Å². The molecule has 0 amide bonds. The van der Waals surface area contributed by atoms with E-state index in [1.165, 1.54) is 5.56 Å². The number of anilines is 1. The smallest absolute Gasteiger partial charge is 0.174 e. The molecule has 3 heterocycles. The van der Waals surface area contributed by atoms with Crippen molar-refractivity contribution in [1.82, 2.24) is 14.9 Å². The van der Waals surface area contributed by atoms with Gasteiger partial charge in [0.05, 0.1) is 18.3 Å². The van der Waals surface area contributed by atoms with Crippen molar-refractivity contribution in [2.24, 2.45) is 0 Å². The second-order valence-electron chi connectivity index (χ2n) is 8.25. The molecule has 172 valence electrons. The number of aromatic nitrogens is 2. The van der Waals surface area contributed by atoms with Crippen LogP contribution in [0.1, 0.15) is 42.9 Å². The molecule has 4 aromatic rings. The van der Waals surface area contributed by atoms with E-state index in [0.717, 1.165) is 34.9 Å². The Morgan fingerprint density at radius 2 is 1.68 bits per heavy atom. The van der Waals surface area contributed by atoms with Gasteiger partial charge in [-0.2, -0.15) is 0 Å². The number of nitrogens with zero attached hydrogens (tertiary/aromatic N) is 3. The molecule has 0 radical (unpaired) electrons. The van der Waals surface area contributed by atoms with Crippen LogP contribution in [0, 0.1) is 0 Å². The Morgan fingerprint density at radius 3 is 2.35 bits per heavy atom. The van der Waals surface area contributed by atoms with Gasteiger partial charge in [-0.25, -0.2) is 0 Å². The third-order valence-electron chi connectivity index (χ3n) is 6.23. The zero-order chi connectivity index (χ0) is 23.5. The number of rotatable bonds is 7. The zero-order valence-electron chi connectivity index (χ0n) is 19.4. The highest BCUT2D eigenvalue weighted by Crippen LogP contribution is 2.42. The van der Waals surface area contributed by atoms with E-state index in [1.807, 2.05) is 37.4 Å². The van der Waals surface area contributed by atoms with Gasteiger partial charge >= 0.3 is 0 Å². The summed E-state index contributed by atoms with van der Waals surface area (Å²) in [7, 11) is 0. The molecule has 2 atom stereocenters. The van der Waals surface area contributed by atoms with E-state index in [9.17, 15) is 0 Å². The maximum atomic E-state index is 5.88. The molecule has 5 nitrogen and oxygen atoms in total. The molecule has 6 heteroatoms. The molecule has 0 saturated carbocycles. The van der Waals surface area contributed by atoms with Crippen LogP contribution in [0.5, 0.6) is 5.75 Å². The van der Waals surface area contributed by atoms with E-state index < -0.39 is 0 Å². The van der Waals surface area contributed by atoms with Gasteiger partial charge in [0.25, 0.3) is 0 Å². The van der Waals surface area contributed by atoms with Gasteiger partial charge in [-0.1, -0.05) is 25.1 Å². The fourth-order valence-corrected chi connectivity index (χ4v) is 4.91. The van der Waals surface area contributed by atoms with Crippen LogP contribution in [0.4, 0.5) is 5.69 Å². The highest BCUT2D eigenvalue weighted by Gasteiger charge is 2.42. The molecule has 1 saturated heterocycles. The van der Waals surface area contributed by atoms with Crippen LogP contribution in [0.3, 0.4) is 0 Å². The van der Waals surface area contributed by atoms with E-state index in [-0.39, 0.29) is 12.1 Å². The molecule has 1 aliphatic rings. The van der Waals surface area contributed by atoms with Crippen molar-refractivity contribution >= 4 is 23.0 Å². The SMILES string of the molecule is CCOc1ccc(-n2cccc2[C@H]2[C@@H](c3ccccn3)NC(=S)N2c2ccc(CC)cc2)cc1. The molecule has 34 heavy (non-hydrogen) atoms. The highest BCUT2D eigenvalue weighted by molar-refractivity contribution is 7.80. The van der Waals surface area contributed by atoms with E-state index in [2.05, 4.69) is 87.5 Å². The molecule has 0 bridgehead atoms. The van der Waals surface area contributed by atoms with Gasteiger partial charge in [0, 0.05) is 29.5 Å². The summed E-state index contributed by atoms with van der Waals surface area (Å²) in [5, 5.41) is 4.25. The number of hydrogen-bond acceptors (Lipinski definition) is 3. The van der Waals surface area contributed by atoms with Crippen LogP contribution >= 0.6 is 12.2 Å².